The minimum Gasteiger partial charge on any atom is -0.497 e. The van der Waals surface area contributed by atoms with Crippen LogP contribution < -0.4 is 4.74 Å². The lowest BCUT2D eigenvalue weighted by molar-refractivity contribution is -0.128. The van der Waals surface area contributed by atoms with Crippen LogP contribution in [-0.4, -0.2) is 66.9 Å². The molecule has 1 aliphatic heterocycles. The summed E-state index contributed by atoms with van der Waals surface area (Å²) in [5, 5.41) is 8.20. The van der Waals surface area contributed by atoms with Crippen LogP contribution in [0.4, 0.5) is 0 Å². The highest BCUT2D eigenvalue weighted by atomic mass is 32.2. The molecule has 0 aliphatic carbocycles. The molecule has 0 unspecified atom stereocenters. The van der Waals surface area contributed by atoms with Crippen molar-refractivity contribution in [3.05, 3.63) is 24.3 Å². The quantitative estimate of drug-likeness (QED) is 0.676. The van der Waals surface area contributed by atoms with E-state index in [-0.39, 0.29) is 34.4 Å². The van der Waals surface area contributed by atoms with E-state index in [0.717, 1.165) is 23.1 Å². The zero-order valence-corrected chi connectivity index (χ0v) is 16.0. The number of thioether (sulfide) groups is 1. The Bertz CT molecular complexity index is 880. The van der Waals surface area contributed by atoms with Crippen LogP contribution in [0.2, 0.25) is 0 Å². The van der Waals surface area contributed by atoms with Crippen molar-refractivity contribution in [2.45, 2.75) is 17.7 Å². The summed E-state index contributed by atoms with van der Waals surface area (Å²) in [4.78, 5) is 13.8. The molecule has 140 valence electrons. The van der Waals surface area contributed by atoms with Crippen molar-refractivity contribution in [1.82, 2.24) is 15.1 Å². The van der Waals surface area contributed by atoms with Crippen LogP contribution in [0.1, 0.15) is 6.42 Å². The molecular formula is C16H19N3O5S2. The summed E-state index contributed by atoms with van der Waals surface area (Å²) in [6.07, 6.45) is 0.484. The number of aromatic nitrogens is 2. The summed E-state index contributed by atoms with van der Waals surface area (Å²) < 4.78 is 33.7. The highest BCUT2D eigenvalue weighted by Gasteiger charge is 2.32. The molecule has 1 aromatic carbocycles. The molecule has 26 heavy (non-hydrogen) atoms. The Labute approximate surface area is 155 Å². The van der Waals surface area contributed by atoms with Crippen molar-refractivity contribution >= 4 is 27.5 Å². The molecule has 2 aromatic rings. The molecule has 1 aromatic heterocycles. The second kappa shape index (κ2) is 7.67. The van der Waals surface area contributed by atoms with Gasteiger partial charge in [-0.3, -0.25) is 4.79 Å². The number of ether oxygens (including phenoxy) is 1. The zero-order valence-electron chi connectivity index (χ0n) is 14.4. The second-order valence-corrected chi connectivity index (χ2v) is 9.11. The second-order valence-electron chi connectivity index (χ2n) is 5.95. The molecule has 0 N–H and O–H groups in total. The van der Waals surface area contributed by atoms with Gasteiger partial charge in [-0.05, 0) is 30.7 Å². The van der Waals surface area contributed by atoms with Crippen molar-refractivity contribution in [2.75, 3.05) is 31.4 Å². The van der Waals surface area contributed by atoms with Gasteiger partial charge in [-0.15, -0.1) is 10.2 Å². The molecule has 0 bridgehead atoms. The first kappa shape index (κ1) is 18.7. The normalized spacial score (nSPS) is 18.6. The first-order valence-electron chi connectivity index (χ1n) is 7.95. The van der Waals surface area contributed by atoms with Gasteiger partial charge in [0.2, 0.25) is 11.8 Å². The Morgan fingerprint density at radius 1 is 1.35 bits per heavy atom. The van der Waals surface area contributed by atoms with Crippen LogP contribution in [0, 0.1) is 0 Å². The Morgan fingerprint density at radius 2 is 2.08 bits per heavy atom. The fraction of sp³-hybridized carbons (Fsp3) is 0.438. The molecule has 1 fully saturated rings. The smallest absolute Gasteiger partial charge is 0.277 e. The van der Waals surface area contributed by atoms with E-state index in [1.54, 1.807) is 38.4 Å². The average molecular weight is 397 g/mol. The van der Waals surface area contributed by atoms with Gasteiger partial charge >= 0.3 is 0 Å². The van der Waals surface area contributed by atoms with Crippen LogP contribution in [0.25, 0.3) is 11.5 Å². The first-order chi connectivity index (χ1) is 12.4. The van der Waals surface area contributed by atoms with E-state index in [1.807, 2.05) is 0 Å². The number of carbonyl (C=O) groups excluding carboxylic acids is 1. The number of benzene rings is 1. The first-order valence-corrected chi connectivity index (χ1v) is 10.8. The molecule has 2 heterocycles. The number of sulfone groups is 1. The fourth-order valence-corrected chi connectivity index (χ4v) is 5.09. The van der Waals surface area contributed by atoms with Gasteiger partial charge in [0.15, 0.2) is 9.84 Å². The molecule has 10 heteroatoms. The monoisotopic (exact) mass is 397 g/mol. The van der Waals surface area contributed by atoms with Gasteiger partial charge in [-0.1, -0.05) is 11.8 Å². The van der Waals surface area contributed by atoms with Crippen LogP contribution >= 0.6 is 11.8 Å². The molecule has 1 atom stereocenters. The molecule has 0 spiro atoms. The summed E-state index contributed by atoms with van der Waals surface area (Å²) in [5.41, 5.74) is 0.754. The lowest BCUT2D eigenvalue weighted by Crippen LogP contribution is -2.38. The number of methoxy groups -OCH3 is 1. The minimum absolute atomic E-state index is 0.0298. The summed E-state index contributed by atoms with van der Waals surface area (Å²) in [5.74, 6) is 1.20. The largest absolute Gasteiger partial charge is 0.497 e. The van der Waals surface area contributed by atoms with E-state index >= 15 is 0 Å². The van der Waals surface area contributed by atoms with Crippen molar-refractivity contribution in [1.29, 1.82) is 0 Å². The maximum absolute atomic E-state index is 12.3. The van der Waals surface area contributed by atoms with E-state index in [9.17, 15) is 13.2 Å². The molecular weight excluding hydrogens is 378 g/mol. The molecule has 8 nitrogen and oxygen atoms in total. The fourth-order valence-electron chi connectivity index (χ4n) is 2.63. The van der Waals surface area contributed by atoms with E-state index in [2.05, 4.69) is 10.2 Å². The maximum atomic E-state index is 12.3. The van der Waals surface area contributed by atoms with E-state index in [1.165, 1.54) is 4.90 Å². The Kier molecular flexibility index (Phi) is 5.52. The predicted molar refractivity (Wildman–Crippen MR) is 96.8 cm³/mol. The van der Waals surface area contributed by atoms with Gasteiger partial charge in [0, 0.05) is 18.7 Å². The van der Waals surface area contributed by atoms with E-state index in [0.29, 0.717) is 12.3 Å². The number of rotatable bonds is 6. The van der Waals surface area contributed by atoms with Crippen LogP contribution in [0.3, 0.4) is 0 Å². The topological polar surface area (TPSA) is 103 Å². The summed E-state index contributed by atoms with van der Waals surface area (Å²) >= 11 is 1.13. The van der Waals surface area contributed by atoms with Crippen LogP contribution in [0.15, 0.2) is 33.9 Å². The maximum Gasteiger partial charge on any atom is 0.277 e. The summed E-state index contributed by atoms with van der Waals surface area (Å²) in [6.45, 7) is 0. The third-order valence-electron chi connectivity index (χ3n) is 4.21. The standard InChI is InChI=1S/C16H19N3O5S2/c1-19(12-7-8-26(21,22)10-12)14(20)9-25-16-18-17-15(24-16)11-3-5-13(23-2)6-4-11/h3-6,12H,7-10H2,1-2H3/t12-/m0/s1. The Morgan fingerprint density at radius 3 is 2.69 bits per heavy atom. The lowest BCUT2D eigenvalue weighted by Gasteiger charge is -2.22. The van der Waals surface area contributed by atoms with Crippen LogP contribution in [-0.2, 0) is 14.6 Å². The highest BCUT2D eigenvalue weighted by Crippen LogP contribution is 2.25. The minimum atomic E-state index is -3.02. The number of hydrogen-bond donors (Lipinski definition) is 0. The Hall–Kier alpha value is -2.07. The van der Waals surface area contributed by atoms with Crippen LogP contribution in [0.5, 0.6) is 5.75 Å². The van der Waals surface area contributed by atoms with Crippen molar-refractivity contribution in [3.63, 3.8) is 0 Å². The van der Waals surface area contributed by atoms with Gasteiger partial charge in [0.25, 0.3) is 5.22 Å². The number of nitrogens with zero attached hydrogens (tertiary/aromatic N) is 3. The predicted octanol–water partition coefficient (Wildman–Crippen LogP) is 1.48. The van der Waals surface area contributed by atoms with E-state index in [4.69, 9.17) is 9.15 Å². The molecule has 0 radical (unpaired) electrons. The highest BCUT2D eigenvalue weighted by molar-refractivity contribution is 7.99. The van der Waals surface area contributed by atoms with Gasteiger partial charge in [0.05, 0.1) is 24.4 Å². The van der Waals surface area contributed by atoms with Crippen molar-refractivity contribution < 1.29 is 22.4 Å². The van der Waals surface area contributed by atoms with Gasteiger partial charge in [0.1, 0.15) is 5.75 Å². The van der Waals surface area contributed by atoms with Gasteiger partial charge in [-0.25, -0.2) is 8.42 Å². The molecule has 1 aliphatic rings. The van der Waals surface area contributed by atoms with Gasteiger partial charge < -0.3 is 14.1 Å². The summed E-state index contributed by atoms with van der Waals surface area (Å²) in [7, 11) is 0.195. The molecule has 1 amide bonds. The number of hydrogen-bond acceptors (Lipinski definition) is 8. The zero-order chi connectivity index (χ0) is 18.7. The average Bonchev–Trinajstić information content (AvgIpc) is 3.25. The molecule has 1 saturated heterocycles. The van der Waals surface area contributed by atoms with E-state index < -0.39 is 9.84 Å². The molecule has 0 saturated carbocycles. The molecule has 3 rings (SSSR count). The third kappa shape index (κ3) is 4.36. The Balaban J connectivity index is 1.56. The lowest BCUT2D eigenvalue weighted by atomic mass is 10.2. The third-order valence-corrected chi connectivity index (χ3v) is 6.77. The SMILES string of the molecule is COc1ccc(-c2nnc(SCC(=O)N(C)[C@H]3CCS(=O)(=O)C3)o2)cc1. The summed E-state index contributed by atoms with van der Waals surface area (Å²) in [6, 6.07) is 6.94. The van der Waals surface area contributed by atoms with Crippen molar-refractivity contribution in [2.24, 2.45) is 0 Å². The van der Waals surface area contributed by atoms with Crippen molar-refractivity contribution in [3.8, 4) is 17.2 Å². The number of amides is 1. The van der Waals surface area contributed by atoms with Gasteiger partial charge in [-0.2, -0.15) is 0 Å². The number of carbonyl (C=O) groups is 1.